The molecule has 0 spiro atoms. The zero-order chi connectivity index (χ0) is 8.85. The van der Waals surface area contributed by atoms with Crippen molar-refractivity contribution in [3.8, 4) is 0 Å². The number of rotatable bonds is 5. The quantitative estimate of drug-likeness (QED) is 0.625. The number of carbonyl (C=O) groups is 2. The van der Waals surface area contributed by atoms with Crippen molar-refractivity contribution >= 4 is 8.51 Å². The second kappa shape index (κ2) is 5.56. The average molecular weight is 252 g/mol. The Morgan fingerprint density at radius 1 is 1.36 bits per heavy atom. The first-order valence-corrected chi connectivity index (χ1v) is 5.48. The molecule has 0 fully saturated rings. The molecule has 0 saturated heterocycles. The van der Waals surface area contributed by atoms with Crippen LogP contribution in [0, 0.1) is 0 Å². The van der Waals surface area contributed by atoms with Crippen LogP contribution in [0.5, 0.6) is 0 Å². The van der Waals surface area contributed by atoms with Gasteiger partial charge in [0, 0.05) is 0 Å². The van der Waals surface area contributed by atoms with Crippen LogP contribution in [0.15, 0.2) is 0 Å². The summed E-state index contributed by atoms with van der Waals surface area (Å²) in [4.78, 5) is 21.6. The van der Waals surface area contributed by atoms with Crippen LogP contribution < -0.4 is 9.68 Å². The number of hydrogen-bond donors (Lipinski definition) is 2. The summed E-state index contributed by atoms with van der Waals surface area (Å²) in [5, 5.41) is 0. The molecular formula is C6H13N2O2Pd. The number of nitrogens with two attached hydrogens (primary N) is 1. The van der Waals surface area contributed by atoms with Gasteiger partial charge in [-0.2, -0.15) is 0 Å². The molecule has 0 atom stereocenters. The van der Waals surface area contributed by atoms with Gasteiger partial charge in [-0.25, -0.2) is 0 Å². The molecule has 0 aromatic carbocycles. The van der Waals surface area contributed by atoms with E-state index in [0.717, 1.165) is 0 Å². The summed E-state index contributed by atoms with van der Waals surface area (Å²) in [5.41, 5.74) is 5.21. The fourth-order valence-corrected chi connectivity index (χ4v) is 2.60. The fraction of sp³-hybridized carbons (Fsp3) is 0.667. The Labute approximate surface area is 72.1 Å². The Morgan fingerprint density at radius 2 is 1.82 bits per heavy atom. The molecule has 0 heterocycles. The third-order valence-corrected chi connectivity index (χ3v) is 3.91. The minimum absolute atomic E-state index is 0.0445. The Hall–Kier alpha value is -0.0777. The van der Waals surface area contributed by atoms with Crippen molar-refractivity contribution in [2.45, 2.75) is 13.8 Å². The van der Waals surface area contributed by atoms with Gasteiger partial charge < -0.3 is 0 Å². The van der Waals surface area contributed by atoms with Gasteiger partial charge in [0.2, 0.25) is 0 Å². The van der Waals surface area contributed by atoms with Gasteiger partial charge in [0.15, 0.2) is 0 Å². The molecule has 0 unspecified atom stereocenters. The first-order chi connectivity index (χ1) is 5.09. The summed E-state index contributed by atoms with van der Waals surface area (Å²) >= 11 is -1.79. The van der Waals surface area contributed by atoms with Gasteiger partial charge in [-0.1, -0.05) is 0 Å². The van der Waals surface area contributed by atoms with Gasteiger partial charge in [-0.3, -0.25) is 0 Å². The van der Waals surface area contributed by atoms with Crippen LogP contribution in [0.4, 0.5) is 0 Å². The van der Waals surface area contributed by atoms with Crippen LogP contribution in [0.25, 0.3) is 0 Å². The standard InChI is InChI=1S/C2H7N2.2C2H3O.Pd/c3-1-2-4;2*1-2-3;/h3H,1-2,4H2;2*1H3;/q-1;;;+1. The Bertz CT molecular complexity index is 147. The molecule has 0 aromatic heterocycles. The number of nitrogens with one attached hydrogen (secondary N) is 1. The monoisotopic (exact) mass is 251 g/mol. The minimum atomic E-state index is -1.79. The zero-order valence-corrected chi connectivity index (χ0v) is 8.18. The van der Waals surface area contributed by atoms with Crippen molar-refractivity contribution in [2.75, 3.05) is 13.1 Å². The van der Waals surface area contributed by atoms with E-state index in [9.17, 15) is 9.59 Å². The van der Waals surface area contributed by atoms with Gasteiger partial charge in [-0.05, 0) is 0 Å². The molecule has 0 saturated carbocycles. The average Bonchev–Trinajstić information content (AvgIpc) is 1.87. The van der Waals surface area contributed by atoms with E-state index in [-0.39, 0.29) is 8.51 Å². The van der Waals surface area contributed by atoms with Crippen molar-refractivity contribution in [1.82, 2.24) is 3.95 Å². The van der Waals surface area contributed by atoms with E-state index in [0.29, 0.717) is 13.1 Å². The SMILES string of the molecule is C[C](=O)[Pd]([NH]CCN)[C](C)=O. The van der Waals surface area contributed by atoms with E-state index >= 15 is 0 Å². The molecule has 11 heavy (non-hydrogen) atoms. The molecule has 4 nitrogen and oxygen atoms in total. The molecule has 5 heteroatoms. The Kier molecular flexibility index (Phi) is 5.52. The molecule has 0 radical (unpaired) electrons. The second-order valence-electron chi connectivity index (χ2n) is 1.74. The van der Waals surface area contributed by atoms with Crippen molar-refractivity contribution < 1.29 is 26.6 Å². The molecular weight excluding hydrogens is 238 g/mol. The van der Waals surface area contributed by atoms with Crippen molar-refractivity contribution in [3.63, 3.8) is 0 Å². The Morgan fingerprint density at radius 3 is 2.09 bits per heavy atom. The van der Waals surface area contributed by atoms with Crippen LogP contribution in [0.1, 0.15) is 13.8 Å². The summed E-state index contributed by atoms with van der Waals surface area (Å²) in [7, 11) is 0. The van der Waals surface area contributed by atoms with Crippen LogP contribution in [-0.4, -0.2) is 21.6 Å². The van der Waals surface area contributed by atoms with Crippen molar-refractivity contribution in [1.29, 1.82) is 0 Å². The predicted molar refractivity (Wildman–Crippen MR) is 38.4 cm³/mol. The molecule has 0 aliphatic heterocycles. The maximum absolute atomic E-state index is 10.8. The normalized spacial score (nSPS) is 11.0. The molecule has 0 rings (SSSR count). The maximum atomic E-state index is 10.8. The van der Waals surface area contributed by atoms with E-state index in [1.54, 1.807) is 0 Å². The summed E-state index contributed by atoms with van der Waals surface area (Å²) in [6.07, 6.45) is 0. The molecule has 69 valence electrons. The van der Waals surface area contributed by atoms with Crippen molar-refractivity contribution in [3.05, 3.63) is 0 Å². The van der Waals surface area contributed by atoms with E-state index in [4.69, 9.17) is 5.73 Å². The molecule has 0 amide bonds. The van der Waals surface area contributed by atoms with Crippen LogP contribution in [0.3, 0.4) is 0 Å². The van der Waals surface area contributed by atoms with E-state index < -0.39 is 17.0 Å². The molecule has 0 aliphatic rings. The first kappa shape index (κ1) is 10.9. The third kappa shape index (κ3) is 4.38. The summed E-state index contributed by atoms with van der Waals surface area (Å²) in [6.45, 7) is 3.87. The molecule has 0 aliphatic carbocycles. The molecule has 3 N–H and O–H groups in total. The summed E-state index contributed by atoms with van der Waals surface area (Å²) < 4.78 is 2.77. The van der Waals surface area contributed by atoms with Gasteiger partial charge in [0.05, 0.1) is 0 Å². The second-order valence-corrected chi connectivity index (χ2v) is 5.65. The van der Waals surface area contributed by atoms with E-state index in [2.05, 4.69) is 3.95 Å². The Balaban J connectivity index is 3.90. The van der Waals surface area contributed by atoms with Gasteiger partial charge in [0.1, 0.15) is 0 Å². The van der Waals surface area contributed by atoms with E-state index in [1.807, 2.05) is 0 Å². The van der Waals surface area contributed by atoms with Crippen LogP contribution in [-0.2, 0) is 26.6 Å². The topological polar surface area (TPSA) is 72.2 Å². The molecule has 0 aromatic rings. The number of hydrogen-bond acceptors (Lipinski definition) is 4. The van der Waals surface area contributed by atoms with Gasteiger partial charge >= 0.3 is 71.7 Å². The summed E-state index contributed by atoms with van der Waals surface area (Å²) in [5.74, 6) is 0. The zero-order valence-electron chi connectivity index (χ0n) is 6.62. The van der Waals surface area contributed by atoms with Crippen LogP contribution in [0.2, 0.25) is 0 Å². The van der Waals surface area contributed by atoms with Crippen molar-refractivity contribution in [2.24, 2.45) is 5.73 Å². The van der Waals surface area contributed by atoms with E-state index in [1.165, 1.54) is 13.8 Å². The molecule has 0 bridgehead atoms. The first-order valence-electron chi connectivity index (χ1n) is 3.14. The fourth-order valence-electron chi connectivity index (χ4n) is 0.439. The van der Waals surface area contributed by atoms with Crippen LogP contribution >= 0.6 is 0 Å². The third-order valence-electron chi connectivity index (χ3n) is 0.781. The van der Waals surface area contributed by atoms with Gasteiger partial charge in [-0.15, -0.1) is 0 Å². The van der Waals surface area contributed by atoms with Gasteiger partial charge in [0.25, 0.3) is 0 Å². The predicted octanol–water partition coefficient (Wildman–Crippen LogP) is -0.839. The number of carbonyl (C=O) groups excluding carboxylic acids is 2. The summed E-state index contributed by atoms with van der Waals surface area (Å²) in [6, 6.07) is 0.